The number of amides is 1. The number of thioether (sulfide) groups is 1. The Morgan fingerprint density at radius 1 is 1.24 bits per heavy atom. The van der Waals surface area contributed by atoms with Crippen LogP contribution in [-0.4, -0.2) is 35.7 Å². The maximum Gasteiger partial charge on any atom is 0.306 e. The summed E-state index contributed by atoms with van der Waals surface area (Å²) in [5.74, 6) is -1.12. The number of nitrogens with one attached hydrogen (secondary N) is 1. The van der Waals surface area contributed by atoms with Crippen LogP contribution in [0.5, 0.6) is 0 Å². The van der Waals surface area contributed by atoms with Crippen molar-refractivity contribution in [2.75, 3.05) is 11.1 Å². The van der Waals surface area contributed by atoms with Crippen LogP contribution >= 0.6 is 11.8 Å². The number of unbranched alkanes of at least 4 members (excludes halogenated alkanes) is 1. The quantitative estimate of drug-likeness (QED) is 0.237. The van der Waals surface area contributed by atoms with Crippen molar-refractivity contribution in [3.8, 4) is 0 Å². The normalized spacial score (nSPS) is 11.2. The monoisotopic (exact) mass is 470 g/mol. The molecule has 0 saturated heterocycles. The number of nitro benzene ring substituents is 1. The number of aryl methyl sites for hydroxylation is 1. The molecule has 1 amide bonds. The molecule has 0 aliphatic heterocycles. The molecule has 4 rings (SSSR count). The van der Waals surface area contributed by atoms with Gasteiger partial charge in [0.05, 0.1) is 21.6 Å². The first-order chi connectivity index (χ1) is 15.9. The number of nitrogens with zero attached hydrogens (tertiary/aromatic N) is 5. The molecule has 1 N–H and O–H groups in total. The lowest BCUT2D eigenvalue weighted by atomic mass is 10.2. The molecule has 33 heavy (non-hydrogen) atoms. The summed E-state index contributed by atoms with van der Waals surface area (Å²) in [4.78, 5) is 35.4. The standard InChI is InChI=1S/C21H19FN6O4S/c1-2-3-10-26-19(30)14-6-4-5-7-16(14)27-20(26)24-25-21(27)33-12-18(29)23-13-8-9-15(22)17(11-13)28(31)32/h4-9,11H,2-3,10,12H2,1H3,(H,23,29). The smallest absolute Gasteiger partial charge is 0.306 e. The number of nitro groups is 1. The van der Waals surface area contributed by atoms with Crippen LogP contribution in [0.3, 0.4) is 0 Å². The third-order valence-electron chi connectivity index (χ3n) is 4.97. The second kappa shape index (κ2) is 9.36. The summed E-state index contributed by atoms with van der Waals surface area (Å²) >= 11 is 1.10. The molecule has 0 spiro atoms. The van der Waals surface area contributed by atoms with Crippen LogP contribution in [0.15, 0.2) is 52.4 Å². The zero-order chi connectivity index (χ0) is 23.5. The Hall–Kier alpha value is -3.80. The van der Waals surface area contributed by atoms with Gasteiger partial charge in [-0.25, -0.2) is 0 Å². The number of aromatic nitrogens is 4. The minimum absolute atomic E-state index is 0.0750. The number of fused-ring (bicyclic) bond motifs is 3. The third-order valence-corrected chi connectivity index (χ3v) is 5.90. The van der Waals surface area contributed by atoms with Gasteiger partial charge in [0.1, 0.15) is 0 Å². The van der Waals surface area contributed by atoms with Gasteiger partial charge in [0.2, 0.25) is 17.5 Å². The van der Waals surface area contributed by atoms with Crippen LogP contribution in [0.1, 0.15) is 19.8 Å². The van der Waals surface area contributed by atoms with Crippen LogP contribution in [0, 0.1) is 15.9 Å². The second-order valence-electron chi connectivity index (χ2n) is 7.21. The fraction of sp³-hybridized carbons (Fsp3) is 0.238. The number of benzene rings is 2. The predicted molar refractivity (Wildman–Crippen MR) is 122 cm³/mol. The Kier molecular flexibility index (Phi) is 6.36. The molecule has 0 atom stereocenters. The van der Waals surface area contributed by atoms with Crippen molar-refractivity contribution < 1.29 is 14.1 Å². The molecule has 2 heterocycles. The van der Waals surface area contributed by atoms with Gasteiger partial charge in [-0.1, -0.05) is 37.2 Å². The number of hydrogen-bond donors (Lipinski definition) is 1. The summed E-state index contributed by atoms with van der Waals surface area (Å²) in [5, 5.41) is 22.7. The van der Waals surface area contributed by atoms with Crippen molar-refractivity contribution in [1.82, 2.24) is 19.2 Å². The van der Waals surface area contributed by atoms with Gasteiger partial charge in [-0.2, -0.15) is 4.39 Å². The molecule has 0 unspecified atom stereocenters. The van der Waals surface area contributed by atoms with Gasteiger partial charge in [-0.05, 0) is 30.7 Å². The summed E-state index contributed by atoms with van der Waals surface area (Å²) in [7, 11) is 0. The van der Waals surface area contributed by atoms with E-state index in [4.69, 9.17) is 0 Å². The van der Waals surface area contributed by atoms with E-state index in [-0.39, 0.29) is 17.0 Å². The molecule has 0 fully saturated rings. The Morgan fingerprint density at radius 2 is 2.03 bits per heavy atom. The molecule has 0 aliphatic carbocycles. The Bertz CT molecular complexity index is 1430. The first kappa shape index (κ1) is 22.4. The maximum atomic E-state index is 13.5. The molecule has 0 aliphatic rings. The first-order valence-corrected chi connectivity index (χ1v) is 11.1. The van der Waals surface area contributed by atoms with Crippen LogP contribution in [0.4, 0.5) is 15.8 Å². The number of anilines is 1. The van der Waals surface area contributed by atoms with Crippen LogP contribution in [0.25, 0.3) is 16.7 Å². The summed E-state index contributed by atoms with van der Waals surface area (Å²) in [6.07, 6.45) is 1.71. The molecule has 2 aromatic heterocycles. The van der Waals surface area contributed by atoms with Crippen molar-refractivity contribution in [2.45, 2.75) is 31.5 Å². The number of para-hydroxylation sites is 1. The van der Waals surface area contributed by atoms with E-state index in [0.29, 0.717) is 28.4 Å². The van der Waals surface area contributed by atoms with Gasteiger partial charge in [0.15, 0.2) is 5.16 Å². The van der Waals surface area contributed by atoms with E-state index in [1.54, 1.807) is 33.2 Å². The van der Waals surface area contributed by atoms with Gasteiger partial charge in [0.25, 0.3) is 5.56 Å². The molecule has 0 saturated carbocycles. The molecule has 0 radical (unpaired) electrons. The first-order valence-electron chi connectivity index (χ1n) is 10.1. The lowest BCUT2D eigenvalue weighted by Gasteiger charge is -2.11. The van der Waals surface area contributed by atoms with Crippen molar-refractivity contribution in [2.24, 2.45) is 0 Å². The van der Waals surface area contributed by atoms with E-state index in [1.807, 2.05) is 6.92 Å². The Balaban J connectivity index is 1.61. The number of carbonyl (C=O) groups excluding carboxylic acids is 1. The average molecular weight is 470 g/mol. The lowest BCUT2D eigenvalue weighted by molar-refractivity contribution is -0.387. The SMILES string of the molecule is CCCCn1c(=O)c2ccccc2n2c(SCC(=O)Nc3ccc(F)c([N+](=O)[O-])c3)nnc12. The topological polar surface area (TPSA) is 124 Å². The fourth-order valence-electron chi connectivity index (χ4n) is 3.40. The van der Waals surface area contributed by atoms with Gasteiger partial charge < -0.3 is 5.32 Å². The predicted octanol–water partition coefficient (Wildman–Crippen LogP) is 3.62. The molecule has 0 bridgehead atoms. The molecule has 10 nitrogen and oxygen atoms in total. The molecule has 12 heteroatoms. The minimum Gasteiger partial charge on any atom is -0.325 e. The van der Waals surface area contributed by atoms with E-state index in [0.717, 1.165) is 36.7 Å². The summed E-state index contributed by atoms with van der Waals surface area (Å²) < 4.78 is 16.8. The van der Waals surface area contributed by atoms with E-state index in [1.165, 1.54) is 6.07 Å². The van der Waals surface area contributed by atoms with Crippen molar-refractivity contribution >= 4 is 45.7 Å². The number of halogens is 1. The van der Waals surface area contributed by atoms with Gasteiger partial charge in [0, 0.05) is 18.3 Å². The summed E-state index contributed by atoms with van der Waals surface area (Å²) in [6.45, 7) is 2.53. The fourth-order valence-corrected chi connectivity index (χ4v) is 4.14. The Labute approximate surface area is 190 Å². The molecule has 170 valence electrons. The molecular weight excluding hydrogens is 451 g/mol. The summed E-state index contributed by atoms with van der Waals surface area (Å²) in [6, 6.07) is 10.3. The van der Waals surface area contributed by atoms with Crippen molar-refractivity contribution in [3.63, 3.8) is 0 Å². The highest BCUT2D eigenvalue weighted by atomic mass is 32.2. The Morgan fingerprint density at radius 3 is 2.79 bits per heavy atom. The van der Waals surface area contributed by atoms with Crippen LogP contribution in [-0.2, 0) is 11.3 Å². The van der Waals surface area contributed by atoms with E-state index in [9.17, 15) is 24.1 Å². The zero-order valence-electron chi connectivity index (χ0n) is 17.5. The summed E-state index contributed by atoms with van der Waals surface area (Å²) in [5.41, 5.74) is -0.127. The van der Waals surface area contributed by atoms with Crippen molar-refractivity contribution in [3.05, 3.63) is 68.7 Å². The maximum absolute atomic E-state index is 13.5. The highest BCUT2D eigenvalue weighted by Gasteiger charge is 2.18. The molecule has 4 aromatic rings. The third kappa shape index (κ3) is 4.42. The number of carbonyl (C=O) groups is 1. The van der Waals surface area contributed by atoms with E-state index in [2.05, 4.69) is 15.5 Å². The minimum atomic E-state index is -0.983. The lowest BCUT2D eigenvalue weighted by Crippen LogP contribution is -2.23. The zero-order valence-corrected chi connectivity index (χ0v) is 18.3. The van der Waals surface area contributed by atoms with E-state index >= 15 is 0 Å². The average Bonchev–Trinajstić information content (AvgIpc) is 3.23. The van der Waals surface area contributed by atoms with Crippen LogP contribution < -0.4 is 10.9 Å². The number of hydrogen-bond acceptors (Lipinski definition) is 7. The van der Waals surface area contributed by atoms with Gasteiger partial charge in [-0.3, -0.25) is 28.7 Å². The van der Waals surface area contributed by atoms with Gasteiger partial charge in [-0.15, -0.1) is 10.2 Å². The highest BCUT2D eigenvalue weighted by molar-refractivity contribution is 7.99. The van der Waals surface area contributed by atoms with Crippen molar-refractivity contribution in [1.29, 1.82) is 0 Å². The highest BCUT2D eigenvalue weighted by Crippen LogP contribution is 2.24. The molecular formula is C21H19FN6O4S. The van der Waals surface area contributed by atoms with E-state index < -0.39 is 22.3 Å². The largest absolute Gasteiger partial charge is 0.325 e. The molecule has 2 aromatic carbocycles. The van der Waals surface area contributed by atoms with Crippen LogP contribution in [0.2, 0.25) is 0 Å². The van der Waals surface area contributed by atoms with Gasteiger partial charge >= 0.3 is 5.69 Å². The second-order valence-corrected chi connectivity index (χ2v) is 8.15. The number of rotatable bonds is 8.